The monoisotopic (exact) mass is 362 g/mol. The average Bonchev–Trinajstić information content (AvgIpc) is 3.06. The molecule has 1 N–H and O–H groups in total. The number of anilines is 1. The van der Waals surface area contributed by atoms with Crippen molar-refractivity contribution in [2.75, 3.05) is 5.32 Å². The zero-order chi connectivity index (χ0) is 18.1. The largest absolute Gasteiger partial charge is 0.319 e. The number of hydrogen-bond donors (Lipinski definition) is 1. The molecule has 2 aromatic carbocycles. The maximum Gasteiger partial charge on any atom is 0.255 e. The standard InChI is InChI=1S/C20H15ClN4O/c1-25-12-17(10-23-25)24-20(26)14-2-3-15-9-22-11-19(18(15)8-14)13-4-6-16(21)7-5-13/h2-12H,1H3,(H,24,26). The van der Waals surface area contributed by atoms with Crippen molar-refractivity contribution >= 4 is 34.0 Å². The molecule has 6 heteroatoms. The molecule has 2 heterocycles. The lowest BCUT2D eigenvalue weighted by Crippen LogP contribution is -2.11. The fourth-order valence-electron chi connectivity index (χ4n) is 2.85. The third-order valence-corrected chi connectivity index (χ3v) is 4.39. The highest BCUT2D eigenvalue weighted by atomic mass is 35.5. The fraction of sp³-hybridized carbons (Fsp3) is 0.0500. The number of pyridine rings is 1. The molecule has 0 atom stereocenters. The maximum atomic E-state index is 12.6. The molecule has 26 heavy (non-hydrogen) atoms. The van der Waals surface area contributed by atoms with Crippen molar-refractivity contribution < 1.29 is 4.79 Å². The second kappa shape index (κ2) is 6.61. The summed E-state index contributed by atoms with van der Waals surface area (Å²) in [6.45, 7) is 0. The molecule has 0 radical (unpaired) electrons. The van der Waals surface area contributed by atoms with Crippen molar-refractivity contribution in [3.8, 4) is 11.1 Å². The molecule has 0 saturated heterocycles. The third kappa shape index (κ3) is 3.17. The molecule has 2 aromatic heterocycles. The lowest BCUT2D eigenvalue weighted by Gasteiger charge is -2.09. The Bertz CT molecular complexity index is 1100. The number of nitrogens with one attached hydrogen (secondary N) is 1. The van der Waals surface area contributed by atoms with Crippen LogP contribution < -0.4 is 5.32 Å². The van der Waals surface area contributed by atoms with E-state index in [1.54, 1.807) is 42.6 Å². The Hall–Kier alpha value is -3.18. The molecule has 128 valence electrons. The second-order valence-corrected chi connectivity index (χ2v) is 6.42. The van der Waals surface area contributed by atoms with Gasteiger partial charge in [-0.1, -0.05) is 29.8 Å². The van der Waals surface area contributed by atoms with Gasteiger partial charge in [0.1, 0.15) is 0 Å². The van der Waals surface area contributed by atoms with E-state index in [2.05, 4.69) is 15.4 Å². The summed E-state index contributed by atoms with van der Waals surface area (Å²) in [5.41, 5.74) is 3.18. The highest BCUT2D eigenvalue weighted by Crippen LogP contribution is 2.29. The highest BCUT2D eigenvalue weighted by Gasteiger charge is 2.11. The summed E-state index contributed by atoms with van der Waals surface area (Å²) in [5.74, 6) is -0.182. The number of aromatic nitrogens is 3. The molecule has 0 spiro atoms. The van der Waals surface area contributed by atoms with Crippen molar-refractivity contribution in [1.29, 1.82) is 0 Å². The molecule has 0 aliphatic rings. The molecule has 4 rings (SSSR count). The van der Waals surface area contributed by atoms with Gasteiger partial charge in [0.2, 0.25) is 0 Å². The minimum absolute atomic E-state index is 0.182. The first-order valence-electron chi connectivity index (χ1n) is 8.04. The van der Waals surface area contributed by atoms with Crippen molar-refractivity contribution in [2.24, 2.45) is 7.05 Å². The van der Waals surface area contributed by atoms with E-state index in [1.807, 2.05) is 36.4 Å². The number of fused-ring (bicyclic) bond motifs is 1. The van der Waals surface area contributed by atoms with Crippen LogP contribution in [0.2, 0.25) is 5.02 Å². The van der Waals surface area contributed by atoms with Crippen LogP contribution in [0.5, 0.6) is 0 Å². The first-order valence-corrected chi connectivity index (χ1v) is 8.42. The Morgan fingerprint density at radius 1 is 1.08 bits per heavy atom. The smallest absolute Gasteiger partial charge is 0.255 e. The van der Waals surface area contributed by atoms with Crippen LogP contribution >= 0.6 is 11.6 Å². The van der Waals surface area contributed by atoms with Crippen molar-refractivity contribution in [2.45, 2.75) is 0 Å². The van der Waals surface area contributed by atoms with Gasteiger partial charge in [0.05, 0.1) is 11.9 Å². The van der Waals surface area contributed by atoms with E-state index in [9.17, 15) is 4.79 Å². The maximum absolute atomic E-state index is 12.6. The molecule has 0 aliphatic heterocycles. The predicted molar refractivity (Wildman–Crippen MR) is 103 cm³/mol. The molecule has 0 aliphatic carbocycles. The van der Waals surface area contributed by atoms with Gasteiger partial charge < -0.3 is 5.32 Å². The fourth-order valence-corrected chi connectivity index (χ4v) is 2.98. The number of hydrogen-bond acceptors (Lipinski definition) is 3. The van der Waals surface area contributed by atoms with Crippen LogP contribution in [0, 0.1) is 0 Å². The Labute approximate surface area is 155 Å². The van der Waals surface area contributed by atoms with Crippen molar-refractivity contribution in [1.82, 2.24) is 14.8 Å². The Kier molecular flexibility index (Phi) is 4.14. The Morgan fingerprint density at radius 2 is 1.88 bits per heavy atom. The number of halogens is 1. The number of aryl methyl sites for hydroxylation is 1. The minimum atomic E-state index is -0.182. The number of nitrogens with zero attached hydrogens (tertiary/aromatic N) is 3. The number of benzene rings is 2. The van der Waals surface area contributed by atoms with Crippen LogP contribution in [0.15, 0.2) is 67.3 Å². The van der Waals surface area contributed by atoms with E-state index in [1.165, 1.54) is 0 Å². The van der Waals surface area contributed by atoms with E-state index in [-0.39, 0.29) is 5.91 Å². The summed E-state index contributed by atoms with van der Waals surface area (Å²) >= 11 is 5.99. The quantitative estimate of drug-likeness (QED) is 0.582. The number of carbonyl (C=O) groups is 1. The first-order chi connectivity index (χ1) is 12.6. The number of rotatable bonds is 3. The number of amides is 1. The molecule has 5 nitrogen and oxygen atoms in total. The molecule has 1 amide bonds. The average molecular weight is 363 g/mol. The van der Waals surface area contributed by atoms with Gasteiger partial charge in [-0.15, -0.1) is 0 Å². The zero-order valence-electron chi connectivity index (χ0n) is 14.0. The second-order valence-electron chi connectivity index (χ2n) is 5.99. The van der Waals surface area contributed by atoms with Crippen LogP contribution in [-0.2, 0) is 7.05 Å². The van der Waals surface area contributed by atoms with Gasteiger partial charge in [-0.3, -0.25) is 14.5 Å². The summed E-state index contributed by atoms with van der Waals surface area (Å²) in [6.07, 6.45) is 6.95. The van der Waals surface area contributed by atoms with Crippen LogP contribution in [0.3, 0.4) is 0 Å². The third-order valence-electron chi connectivity index (χ3n) is 4.14. The highest BCUT2D eigenvalue weighted by molar-refractivity contribution is 6.30. The van der Waals surface area contributed by atoms with E-state index in [0.29, 0.717) is 16.3 Å². The summed E-state index contributed by atoms with van der Waals surface area (Å²) in [4.78, 5) is 16.9. The van der Waals surface area contributed by atoms with E-state index < -0.39 is 0 Å². The zero-order valence-corrected chi connectivity index (χ0v) is 14.7. The topological polar surface area (TPSA) is 59.8 Å². The SMILES string of the molecule is Cn1cc(NC(=O)c2ccc3cncc(-c4ccc(Cl)cc4)c3c2)cn1. The molecular weight excluding hydrogens is 348 g/mol. The summed E-state index contributed by atoms with van der Waals surface area (Å²) in [5, 5.41) is 9.52. The Balaban J connectivity index is 1.75. The van der Waals surface area contributed by atoms with Crippen LogP contribution in [-0.4, -0.2) is 20.7 Å². The first kappa shape index (κ1) is 16.3. The normalized spacial score (nSPS) is 10.8. The lowest BCUT2D eigenvalue weighted by atomic mass is 9.99. The molecule has 4 aromatic rings. The molecular formula is C20H15ClN4O. The van der Waals surface area contributed by atoms with Crippen LogP contribution in [0.4, 0.5) is 5.69 Å². The predicted octanol–water partition coefficient (Wildman–Crippen LogP) is 4.54. The number of carbonyl (C=O) groups excluding carboxylic acids is 1. The van der Waals surface area contributed by atoms with Crippen LogP contribution in [0.1, 0.15) is 10.4 Å². The van der Waals surface area contributed by atoms with E-state index in [4.69, 9.17) is 11.6 Å². The Morgan fingerprint density at radius 3 is 2.62 bits per heavy atom. The van der Waals surface area contributed by atoms with Gasteiger partial charge in [-0.05, 0) is 35.2 Å². The molecule has 0 saturated carbocycles. The summed E-state index contributed by atoms with van der Waals surface area (Å²) in [7, 11) is 1.80. The van der Waals surface area contributed by atoms with Gasteiger partial charge >= 0.3 is 0 Å². The van der Waals surface area contributed by atoms with Crippen molar-refractivity contribution in [3.63, 3.8) is 0 Å². The van der Waals surface area contributed by atoms with Gasteiger partial charge in [-0.2, -0.15) is 5.10 Å². The van der Waals surface area contributed by atoms with E-state index in [0.717, 1.165) is 21.9 Å². The van der Waals surface area contributed by atoms with Crippen LogP contribution in [0.25, 0.3) is 21.9 Å². The van der Waals surface area contributed by atoms with Gasteiger partial charge in [0, 0.05) is 47.2 Å². The van der Waals surface area contributed by atoms with Gasteiger partial charge in [0.25, 0.3) is 5.91 Å². The lowest BCUT2D eigenvalue weighted by molar-refractivity contribution is 0.102. The van der Waals surface area contributed by atoms with Gasteiger partial charge in [0.15, 0.2) is 0 Å². The molecule has 0 unspecified atom stereocenters. The summed E-state index contributed by atoms with van der Waals surface area (Å²) < 4.78 is 1.64. The van der Waals surface area contributed by atoms with Crippen molar-refractivity contribution in [3.05, 3.63) is 77.8 Å². The van der Waals surface area contributed by atoms with E-state index >= 15 is 0 Å². The van der Waals surface area contributed by atoms with Gasteiger partial charge in [-0.25, -0.2) is 0 Å². The molecule has 0 bridgehead atoms. The minimum Gasteiger partial charge on any atom is -0.319 e. The summed E-state index contributed by atoms with van der Waals surface area (Å²) in [6, 6.07) is 13.2. The molecule has 0 fully saturated rings.